The number of hydrogen-bond donors (Lipinski definition) is 0. The largest absolute Gasteiger partial charge is 0.289 e. The quantitative estimate of drug-likeness (QED) is 0.609. The molecule has 3 heteroatoms. The third-order valence-corrected chi connectivity index (χ3v) is 2.72. The third-order valence-electron chi connectivity index (χ3n) is 2.52. The first kappa shape index (κ1) is 11.7. The number of hydrogen-bond acceptors (Lipinski definition) is 2. The lowest BCUT2D eigenvalue weighted by Crippen LogP contribution is -2.03. The molecule has 0 heterocycles. The molecule has 2 aromatic carbocycles. The molecule has 0 aromatic heterocycles. The van der Waals surface area contributed by atoms with Crippen LogP contribution in [0.3, 0.4) is 0 Å². The summed E-state index contributed by atoms with van der Waals surface area (Å²) < 4.78 is 1.48. The van der Waals surface area contributed by atoms with Gasteiger partial charge in [0.25, 0.3) is 0 Å². The standard InChI is InChI=1S/C14H12ClNO/c1-16(15)13-9-7-12(8-10-13)14(17)11-5-3-2-4-6-11/h2-10H,1H3. The van der Waals surface area contributed by atoms with E-state index >= 15 is 0 Å². The Morgan fingerprint density at radius 1 is 0.941 bits per heavy atom. The van der Waals surface area contributed by atoms with Crippen molar-refractivity contribution in [3.63, 3.8) is 0 Å². The van der Waals surface area contributed by atoms with E-state index in [1.54, 1.807) is 19.2 Å². The van der Waals surface area contributed by atoms with E-state index in [1.807, 2.05) is 42.5 Å². The Balaban J connectivity index is 2.27. The molecule has 0 saturated heterocycles. The summed E-state index contributed by atoms with van der Waals surface area (Å²) in [6.45, 7) is 0. The summed E-state index contributed by atoms with van der Waals surface area (Å²) in [5, 5.41) is 0. The number of nitrogens with zero attached hydrogens (tertiary/aromatic N) is 1. The van der Waals surface area contributed by atoms with Gasteiger partial charge in [-0.3, -0.25) is 9.21 Å². The maximum Gasteiger partial charge on any atom is 0.193 e. The lowest BCUT2D eigenvalue weighted by atomic mass is 10.0. The Kier molecular flexibility index (Phi) is 3.45. The average molecular weight is 246 g/mol. The van der Waals surface area contributed by atoms with Crippen LogP contribution in [-0.4, -0.2) is 12.8 Å². The van der Waals surface area contributed by atoms with Gasteiger partial charge in [0.15, 0.2) is 5.78 Å². The minimum atomic E-state index is 0.0226. The van der Waals surface area contributed by atoms with Gasteiger partial charge >= 0.3 is 0 Å². The SMILES string of the molecule is CN(Cl)c1ccc(C(=O)c2ccccc2)cc1. The molecule has 0 fully saturated rings. The van der Waals surface area contributed by atoms with E-state index in [4.69, 9.17) is 11.8 Å². The molecule has 0 N–H and O–H groups in total. The molecule has 0 saturated carbocycles. The molecule has 0 aliphatic rings. The van der Waals surface area contributed by atoms with Crippen LogP contribution in [0.1, 0.15) is 15.9 Å². The normalized spacial score (nSPS) is 10.0. The summed E-state index contributed by atoms with van der Waals surface area (Å²) >= 11 is 5.80. The molecular formula is C14H12ClNO. The van der Waals surface area contributed by atoms with E-state index in [0.29, 0.717) is 11.1 Å². The summed E-state index contributed by atoms with van der Waals surface area (Å²) in [4.78, 5) is 12.1. The predicted octanol–water partition coefficient (Wildman–Crippen LogP) is 3.51. The summed E-state index contributed by atoms with van der Waals surface area (Å²) in [5.41, 5.74) is 2.22. The second kappa shape index (κ2) is 5.02. The van der Waals surface area contributed by atoms with Crippen LogP contribution in [0.4, 0.5) is 5.69 Å². The van der Waals surface area contributed by atoms with Gasteiger partial charge in [-0.2, -0.15) is 0 Å². The second-order valence-corrected chi connectivity index (χ2v) is 4.23. The highest BCUT2D eigenvalue weighted by Crippen LogP contribution is 2.17. The third kappa shape index (κ3) is 2.66. The molecule has 0 spiro atoms. The topological polar surface area (TPSA) is 20.3 Å². The summed E-state index contributed by atoms with van der Waals surface area (Å²) in [7, 11) is 1.75. The number of benzene rings is 2. The van der Waals surface area contributed by atoms with Gasteiger partial charge < -0.3 is 0 Å². The molecule has 0 amide bonds. The molecule has 2 rings (SSSR count). The fourth-order valence-electron chi connectivity index (χ4n) is 1.57. The van der Waals surface area contributed by atoms with Gasteiger partial charge in [0, 0.05) is 30.0 Å². The highest BCUT2D eigenvalue weighted by molar-refractivity contribution is 6.25. The lowest BCUT2D eigenvalue weighted by molar-refractivity contribution is 0.103. The van der Waals surface area contributed by atoms with E-state index < -0.39 is 0 Å². The van der Waals surface area contributed by atoms with Gasteiger partial charge in [0.1, 0.15) is 0 Å². The van der Waals surface area contributed by atoms with Crippen molar-refractivity contribution in [2.24, 2.45) is 0 Å². The van der Waals surface area contributed by atoms with Crippen LogP contribution >= 0.6 is 11.8 Å². The van der Waals surface area contributed by atoms with Crippen molar-refractivity contribution in [1.29, 1.82) is 0 Å². The molecule has 0 radical (unpaired) electrons. The fourth-order valence-corrected chi connectivity index (χ4v) is 1.69. The Bertz CT molecular complexity index is 506. The van der Waals surface area contributed by atoms with Crippen molar-refractivity contribution < 1.29 is 4.79 Å². The van der Waals surface area contributed by atoms with Gasteiger partial charge in [-0.25, -0.2) is 0 Å². The first-order valence-corrected chi connectivity index (χ1v) is 5.61. The monoisotopic (exact) mass is 245 g/mol. The number of carbonyl (C=O) groups is 1. The number of ketones is 1. The Labute approximate surface area is 106 Å². The fraction of sp³-hybridized carbons (Fsp3) is 0.0714. The number of carbonyl (C=O) groups excluding carboxylic acids is 1. The summed E-state index contributed by atoms with van der Waals surface area (Å²) in [6, 6.07) is 16.4. The summed E-state index contributed by atoms with van der Waals surface area (Å²) in [6.07, 6.45) is 0. The molecular weight excluding hydrogens is 234 g/mol. The van der Waals surface area contributed by atoms with Gasteiger partial charge in [0.05, 0.1) is 5.69 Å². The van der Waals surface area contributed by atoms with Crippen LogP contribution in [0.5, 0.6) is 0 Å². The van der Waals surface area contributed by atoms with Crippen LogP contribution in [0.15, 0.2) is 54.6 Å². The Morgan fingerprint density at radius 3 is 2.00 bits per heavy atom. The first-order valence-electron chi connectivity index (χ1n) is 5.28. The maximum absolute atomic E-state index is 12.1. The predicted molar refractivity (Wildman–Crippen MR) is 70.6 cm³/mol. The van der Waals surface area contributed by atoms with Crippen molar-refractivity contribution in [1.82, 2.24) is 0 Å². The minimum absolute atomic E-state index is 0.0226. The smallest absolute Gasteiger partial charge is 0.193 e. The van der Waals surface area contributed by atoms with Crippen LogP contribution in [-0.2, 0) is 0 Å². The van der Waals surface area contributed by atoms with Gasteiger partial charge in [-0.1, -0.05) is 30.3 Å². The van der Waals surface area contributed by atoms with E-state index in [-0.39, 0.29) is 5.78 Å². The minimum Gasteiger partial charge on any atom is -0.289 e. The van der Waals surface area contributed by atoms with E-state index in [2.05, 4.69) is 0 Å². The molecule has 2 nitrogen and oxygen atoms in total. The van der Waals surface area contributed by atoms with Crippen LogP contribution < -0.4 is 4.42 Å². The molecule has 0 atom stereocenters. The van der Waals surface area contributed by atoms with E-state index in [9.17, 15) is 4.79 Å². The van der Waals surface area contributed by atoms with Gasteiger partial charge in [0.2, 0.25) is 0 Å². The van der Waals surface area contributed by atoms with Crippen molar-refractivity contribution in [2.45, 2.75) is 0 Å². The zero-order valence-electron chi connectivity index (χ0n) is 9.43. The van der Waals surface area contributed by atoms with Crippen molar-refractivity contribution in [3.8, 4) is 0 Å². The van der Waals surface area contributed by atoms with E-state index in [0.717, 1.165) is 5.69 Å². The number of halogens is 1. The van der Waals surface area contributed by atoms with Crippen LogP contribution in [0.25, 0.3) is 0 Å². The zero-order valence-corrected chi connectivity index (χ0v) is 10.2. The Hall–Kier alpha value is -1.80. The lowest BCUT2D eigenvalue weighted by Gasteiger charge is -2.09. The van der Waals surface area contributed by atoms with Crippen LogP contribution in [0, 0.1) is 0 Å². The molecule has 17 heavy (non-hydrogen) atoms. The van der Waals surface area contributed by atoms with Crippen molar-refractivity contribution in [2.75, 3.05) is 11.5 Å². The molecule has 0 aliphatic carbocycles. The van der Waals surface area contributed by atoms with Gasteiger partial charge in [-0.05, 0) is 24.3 Å². The van der Waals surface area contributed by atoms with Crippen LogP contribution in [0.2, 0.25) is 0 Å². The Morgan fingerprint density at radius 2 is 1.47 bits per heavy atom. The zero-order chi connectivity index (χ0) is 12.3. The molecule has 86 valence electrons. The number of anilines is 1. The van der Waals surface area contributed by atoms with E-state index in [1.165, 1.54) is 4.42 Å². The van der Waals surface area contributed by atoms with Crippen molar-refractivity contribution in [3.05, 3.63) is 65.7 Å². The highest BCUT2D eigenvalue weighted by Gasteiger charge is 2.08. The number of rotatable bonds is 3. The second-order valence-electron chi connectivity index (χ2n) is 3.72. The average Bonchev–Trinajstić information content (AvgIpc) is 2.39. The molecule has 0 unspecified atom stereocenters. The summed E-state index contributed by atoms with van der Waals surface area (Å²) in [5.74, 6) is 0.0226. The molecule has 0 bridgehead atoms. The first-order chi connectivity index (χ1) is 8.18. The molecule has 0 aliphatic heterocycles. The van der Waals surface area contributed by atoms with Gasteiger partial charge in [-0.15, -0.1) is 0 Å². The molecule has 2 aromatic rings. The van der Waals surface area contributed by atoms with Crippen molar-refractivity contribution >= 4 is 23.2 Å². The maximum atomic E-state index is 12.1. The highest BCUT2D eigenvalue weighted by atomic mass is 35.5.